The molecule has 0 bridgehead atoms. The van der Waals surface area contributed by atoms with Crippen LogP contribution in [0.1, 0.15) is 26.3 Å². The standard InChI is InChI=1S/C13H19N3OS/c1-9(2)14-13(18)16-15-10(3)11-5-7-12(17-4)8-6-11/h5-9H,1-4H3,(H2,14,16,18)/b15-10+. The maximum atomic E-state index is 5.10. The van der Waals surface area contributed by atoms with Gasteiger partial charge < -0.3 is 10.1 Å². The molecule has 98 valence electrons. The minimum Gasteiger partial charge on any atom is -0.497 e. The van der Waals surface area contributed by atoms with Crippen LogP contribution in [0.2, 0.25) is 0 Å². The Hall–Kier alpha value is -1.62. The van der Waals surface area contributed by atoms with Gasteiger partial charge in [0.1, 0.15) is 5.75 Å². The van der Waals surface area contributed by atoms with Crippen molar-refractivity contribution in [3.05, 3.63) is 29.8 Å². The number of rotatable bonds is 4. The van der Waals surface area contributed by atoms with Gasteiger partial charge in [-0.05, 0) is 62.8 Å². The van der Waals surface area contributed by atoms with E-state index >= 15 is 0 Å². The summed E-state index contributed by atoms with van der Waals surface area (Å²) in [6.45, 7) is 5.97. The van der Waals surface area contributed by atoms with Crippen molar-refractivity contribution >= 4 is 23.0 Å². The van der Waals surface area contributed by atoms with Gasteiger partial charge >= 0.3 is 0 Å². The molecule has 0 aliphatic heterocycles. The minimum atomic E-state index is 0.293. The number of nitrogens with one attached hydrogen (secondary N) is 2. The minimum absolute atomic E-state index is 0.293. The summed E-state index contributed by atoms with van der Waals surface area (Å²) in [4.78, 5) is 0. The largest absolute Gasteiger partial charge is 0.497 e. The first-order chi connectivity index (χ1) is 8.52. The van der Waals surface area contributed by atoms with Crippen LogP contribution in [0.25, 0.3) is 0 Å². The van der Waals surface area contributed by atoms with Gasteiger partial charge in [-0.25, -0.2) is 0 Å². The maximum absolute atomic E-state index is 5.10. The number of ether oxygens (including phenoxy) is 1. The molecule has 0 spiro atoms. The van der Waals surface area contributed by atoms with Crippen LogP contribution in [0, 0.1) is 0 Å². The highest BCUT2D eigenvalue weighted by Crippen LogP contribution is 2.11. The van der Waals surface area contributed by atoms with Crippen LogP contribution >= 0.6 is 12.2 Å². The van der Waals surface area contributed by atoms with Gasteiger partial charge in [0.2, 0.25) is 0 Å². The zero-order valence-corrected chi connectivity index (χ0v) is 12.0. The Morgan fingerprint density at radius 3 is 2.39 bits per heavy atom. The van der Waals surface area contributed by atoms with Crippen molar-refractivity contribution in [1.82, 2.24) is 10.7 Å². The van der Waals surface area contributed by atoms with Crippen LogP contribution in [0.15, 0.2) is 29.4 Å². The second kappa shape index (κ2) is 6.96. The van der Waals surface area contributed by atoms with Gasteiger partial charge in [0, 0.05) is 6.04 Å². The van der Waals surface area contributed by atoms with Crippen LogP contribution in [0.5, 0.6) is 5.75 Å². The molecule has 2 N–H and O–H groups in total. The Labute approximate surface area is 113 Å². The molecule has 0 aromatic heterocycles. The normalized spacial score (nSPS) is 11.3. The summed E-state index contributed by atoms with van der Waals surface area (Å²) < 4.78 is 5.10. The Balaban J connectivity index is 2.62. The summed E-state index contributed by atoms with van der Waals surface area (Å²) >= 11 is 5.09. The molecule has 5 heteroatoms. The highest BCUT2D eigenvalue weighted by Gasteiger charge is 2.00. The maximum Gasteiger partial charge on any atom is 0.187 e. The molecular formula is C13H19N3OS. The van der Waals surface area contributed by atoms with Crippen LogP contribution in [0.4, 0.5) is 0 Å². The van der Waals surface area contributed by atoms with Gasteiger partial charge in [0.25, 0.3) is 0 Å². The second-order valence-corrected chi connectivity index (χ2v) is 4.57. The van der Waals surface area contributed by atoms with E-state index in [9.17, 15) is 0 Å². The second-order valence-electron chi connectivity index (χ2n) is 4.17. The molecule has 1 rings (SSSR count). The molecule has 0 atom stereocenters. The molecule has 0 saturated carbocycles. The molecule has 1 aromatic rings. The molecule has 0 amide bonds. The summed E-state index contributed by atoms with van der Waals surface area (Å²) in [5, 5.41) is 7.81. The molecule has 18 heavy (non-hydrogen) atoms. The van der Waals surface area contributed by atoms with Gasteiger partial charge in [0.05, 0.1) is 12.8 Å². The highest BCUT2D eigenvalue weighted by atomic mass is 32.1. The number of methoxy groups -OCH3 is 1. The molecule has 0 fully saturated rings. The van der Waals surface area contributed by atoms with Crippen molar-refractivity contribution in [2.45, 2.75) is 26.8 Å². The Morgan fingerprint density at radius 2 is 1.89 bits per heavy atom. The number of hydrazone groups is 1. The van der Waals surface area contributed by atoms with Gasteiger partial charge in [0.15, 0.2) is 5.11 Å². The van der Waals surface area contributed by atoms with E-state index in [1.807, 2.05) is 45.0 Å². The quantitative estimate of drug-likeness (QED) is 0.498. The van der Waals surface area contributed by atoms with E-state index in [0.29, 0.717) is 11.2 Å². The first kappa shape index (κ1) is 14.4. The lowest BCUT2D eigenvalue weighted by Crippen LogP contribution is -2.37. The smallest absolute Gasteiger partial charge is 0.187 e. The average Bonchev–Trinajstić information content (AvgIpc) is 2.35. The lowest BCUT2D eigenvalue weighted by atomic mass is 10.1. The predicted octanol–water partition coefficient (Wildman–Crippen LogP) is 2.29. The van der Waals surface area contributed by atoms with Crippen molar-refractivity contribution in [2.75, 3.05) is 7.11 Å². The molecule has 0 saturated heterocycles. The zero-order chi connectivity index (χ0) is 13.5. The number of hydrogen-bond donors (Lipinski definition) is 2. The Morgan fingerprint density at radius 1 is 1.28 bits per heavy atom. The number of nitrogens with zero attached hydrogens (tertiary/aromatic N) is 1. The number of hydrogen-bond acceptors (Lipinski definition) is 3. The van der Waals surface area contributed by atoms with Crippen LogP contribution in [-0.4, -0.2) is 24.0 Å². The molecule has 0 radical (unpaired) electrons. The van der Waals surface area contributed by atoms with Crippen molar-refractivity contribution in [3.8, 4) is 5.75 Å². The highest BCUT2D eigenvalue weighted by molar-refractivity contribution is 7.80. The fourth-order valence-electron chi connectivity index (χ4n) is 1.33. The molecule has 0 aliphatic rings. The van der Waals surface area contributed by atoms with Crippen LogP contribution < -0.4 is 15.5 Å². The van der Waals surface area contributed by atoms with Gasteiger partial charge in [-0.3, -0.25) is 5.43 Å². The van der Waals surface area contributed by atoms with E-state index in [2.05, 4.69) is 15.8 Å². The lowest BCUT2D eigenvalue weighted by Gasteiger charge is -2.10. The van der Waals surface area contributed by atoms with Crippen molar-refractivity contribution in [3.63, 3.8) is 0 Å². The Kier molecular flexibility index (Phi) is 5.58. The SMILES string of the molecule is COc1ccc(/C(C)=N/NC(=S)NC(C)C)cc1. The van der Waals surface area contributed by atoms with Crippen molar-refractivity contribution in [1.29, 1.82) is 0 Å². The molecule has 0 heterocycles. The van der Waals surface area contributed by atoms with Gasteiger partial charge in [-0.15, -0.1) is 0 Å². The average molecular weight is 265 g/mol. The van der Waals surface area contributed by atoms with E-state index < -0.39 is 0 Å². The third kappa shape index (κ3) is 4.71. The van der Waals surface area contributed by atoms with Crippen LogP contribution in [0.3, 0.4) is 0 Å². The van der Waals surface area contributed by atoms with E-state index in [4.69, 9.17) is 17.0 Å². The fraction of sp³-hybridized carbons (Fsp3) is 0.385. The molecule has 4 nitrogen and oxygen atoms in total. The van der Waals surface area contributed by atoms with E-state index in [1.54, 1.807) is 7.11 Å². The lowest BCUT2D eigenvalue weighted by molar-refractivity contribution is 0.415. The first-order valence-electron chi connectivity index (χ1n) is 5.78. The first-order valence-corrected chi connectivity index (χ1v) is 6.19. The molecule has 1 aromatic carbocycles. The summed E-state index contributed by atoms with van der Waals surface area (Å²) in [5.74, 6) is 0.830. The van der Waals surface area contributed by atoms with Gasteiger partial charge in [-0.2, -0.15) is 5.10 Å². The summed E-state index contributed by atoms with van der Waals surface area (Å²) in [5.41, 5.74) is 4.71. The number of benzene rings is 1. The molecule has 0 unspecified atom stereocenters. The van der Waals surface area contributed by atoms with E-state index in [0.717, 1.165) is 17.0 Å². The zero-order valence-electron chi connectivity index (χ0n) is 11.2. The van der Waals surface area contributed by atoms with Crippen molar-refractivity contribution < 1.29 is 4.74 Å². The van der Waals surface area contributed by atoms with Crippen molar-refractivity contribution in [2.24, 2.45) is 5.10 Å². The summed E-state index contributed by atoms with van der Waals surface area (Å²) in [6.07, 6.45) is 0. The fourth-order valence-corrected chi connectivity index (χ4v) is 1.61. The predicted molar refractivity (Wildman–Crippen MR) is 79.2 cm³/mol. The van der Waals surface area contributed by atoms with Gasteiger partial charge in [-0.1, -0.05) is 0 Å². The molecular weight excluding hydrogens is 246 g/mol. The van der Waals surface area contributed by atoms with E-state index in [1.165, 1.54) is 0 Å². The van der Waals surface area contributed by atoms with E-state index in [-0.39, 0.29) is 0 Å². The van der Waals surface area contributed by atoms with Crippen LogP contribution in [-0.2, 0) is 0 Å². The molecule has 0 aliphatic carbocycles. The third-order valence-electron chi connectivity index (χ3n) is 2.25. The summed E-state index contributed by atoms with van der Waals surface area (Å²) in [7, 11) is 1.65. The monoisotopic (exact) mass is 265 g/mol. The third-order valence-corrected chi connectivity index (χ3v) is 2.46. The topological polar surface area (TPSA) is 45.6 Å². The number of thiocarbonyl (C=S) groups is 1. The summed E-state index contributed by atoms with van der Waals surface area (Å²) in [6, 6.07) is 8.01. The Bertz CT molecular complexity index is 426.